The van der Waals surface area contributed by atoms with E-state index in [1.54, 1.807) is 0 Å². The van der Waals surface area contributed by atoms with Crippen LogP contribution in [0.25, 0.3) is 0 Å². The van der Waals surface area contributed by atoms with E-state index in [2.05, 4.69) is 70.9 Å². The Labute approximate surface area is 154 Å². The van der Waals surface area contributed by atoms with Crippen molar-refractivity contribution in [3.8, 4) is 0 Å². The normalized spacial score (nSPS) is 29.2. The van der Waals surface area contributed by atoms with Crippen molar-refractivity contribution in [3.63, 3.8) is 0 Å². The van der Waals surface area contributed by atoms with Gasteiger partial charge in [0.2, 0.25) is 0 Å². The molecule has 0 amide bonds. The molecule has 0 unspecified atom stereocenters. The Balaban J connectivity index is 2.30. The van der Waals surface area contributed by atoms with Crippen molar-refractivity contribution in [2.75, 3.05) is 0 Å². The Morgan fingerprint density at radius 2 is 1.00 bits per heavy atom. The third-order valence-electron chi connectivity index (χ3n) is 5.38. The van der Waals surface area contributed by atoms with Crippen molar-refractivity contribution in [1.29, 1.82) is 0 Å². The average Bonchev–Trinajstić information content (AvgIpc) is 2.17. The van der Waals surface area contributed by atoms with Crippen molar-refractivity contribution in [1.82, 2.24) is 15.5 Å². The van der Waals surface area contributed by atoms with Crippen molar-refractivity contribution in [3.05, 3.63) is 0 Å². The second-order valence-electron chi connectivity index (χ2n) is 10.7. The first-order valence-corrected chi connectivity index (χ1v) is 9.69. The quantitative estimate of drug-likeness (QED) is 0.665. The van der Waals surface area contributed by atoms with E-state index in [0.717, 1.165) is 25.7 Å². The zero-order valence-electron chi connectivity index (χ0n) is 16.9. The van der Waals surface area contributed by atoms with E-state index in [1.807, 2.05) is 0 Å². The number of hydrogen-bond donors (Lipinski definition) is 3. The van der Waals surface area contributed by atoms with E-state index in [4.69, 9.17) is 18.0 Å². The minimum Gasteiger partial charge on any atom is -0.376 e. The van der Waals surface area contributed by atoms with E-state index in [-0.39, 0.29) is 22.2 Å². The summed E-state index contributed by atoms with van der Waals surface area (Å²) >= 11 is 5.54. The molecule has 2 fully saturated rings. The first-order valence-electron chi connectivity index (χ1n) is 9.28. The summed E-state index contributed by atoms with van der Waals surface area (Å²) in [5, 5.41) is 8.10. The molecule has 0 aromatic rings. The molecule has 0 radical (unpaired) electrons. The summed E-state index contributed by atoms with van der Waals surface area (Å²) in [6.45, 7) is 18.3. The van der Waals surface area contributed by atoms with Crippen LogP contribution in [0.1, 0.15) is 81.1 Å². The molecule has 140 valence electrons. The number of nitrogens with one attached hydrogen (secondary N) is 2. The van der Waals surface area contributed by atoms with Gasteiger partial charge in [-0.15, -0.1) is 0 Å². The van der Waals surface area contributed by atoms with Gasteiger partial charge in [-0.05, 0) is 93.3 Å². The van der Waals surface area contributed by atoms with Crippen molar-refractivity contribution >= 4 is 17.3 Å². The molecule has 2 rings (SSSR count). The van der Waals surface area contributed by atoms with Gasteiger partial charge in [0.1, 0.15) is 0 Å². The standard InChI is InChI=1S/C19H38N4S/c1-16(2)9-13(10-17(3,4)21-16)23(15(20)24)14-11-18(5,6)22-19(7,8)12-14/h13-14,21-22H,9-12H2,1-8H3,(H2,20,24). The number of thiocarbonyl (C=S) groups is 1. The van der Waals surface area contributed by atoms with Crippen molar-refractivity contribution in [2.45, 2.75) is 115 Å². The van der Waals surface area contributed by atoms with Gasteiger partial charge in [0.15, 0.2) is 5.11 Å². The van der Waals surface area contributed by atoms with Crippen LogP contribution in [-0.4, -0.2) is 44.3 Å². The van der Waals surface area contributed by atoms with E-state index >= 15 is 0 Å². The highest BCUT2D eigenvalue weighted by molar-refractivity contribution is 7.80. The molecule has 2 saturated heterocycles. The SMILES string of the molecule is CC1(C)CC(N(C(N)=S)C2CC(C)(C)NC(C)(C)C2)CC(C)(C)N1. The van der Waals surface area contributed by atoms with Gasteiger partial charge < -0.3 is 21.3 Å². The fraction of sp³-hybridized carbons (Fsp3) is 0.947. The number of hydrogen-bond acceptors (Lipinski definition) is 3. The maximum Gasteiger partial charge on any atom is 0.166 e. The molecule has 4 nitrogen and oxygen atoms in total. The van der Waals surface area contributed by atoms with Gasteiger partial charge in [-0.2, -0.15) is 0 Å². The first-order chi connectivity index (χ1) is 10.6. The Morgan fingerprint density at radius 3 is 1.21 bits per heavy atom. The number of rotatable bonds is 2. The largest absolute Gasteiger partial charge is 0.376 e. The zero-order chi connectivity index (χ0) is 18.6. The van der Waals surface area contributed by atoms with E-state index in [0.29, 0.717) is 17.2 Å². The van der Waals surface area contributed by atoms with Crippen LogP contribution < -0.4 is 16.4 Å². The van der Waals surface area contributed by atoms with Crippen LogP contribution in [0.15, 0.2) is 0 Å². The van der Waals surface area contributed by atoms with Gasteiger partial charge in [-0.25, -0.2) is 0 Å². The average molecular weight is 355 g/mol. The van der Waals surface area contributed by atoms with Gasteiger partial charge >= 0.3 is 0 Å². The first kappa shape index (κ1) is 19.9. The second kappa shape index (κ2) is 6.10. The summed E-state index contributed by atoms with van der Waals surface area (Å²) in [4.78, 5) is 2.38. The molecule has 2 aliphatic heterocycles. The highest BCUT2D eigenvalue weighted by Crippen LogP contribution is 2.37. The fourth-order valence-electron chi connectivity index (χ4n) is 5.59. The fourth-order valence-corrected chi connectivity index (χ4v) is 5.89. The summed E-state index contributed by atoms with van der Waals surface area (Å²) in [5.74, 6) is 0. The van der Waals surface area contributed by atoms with Crippen LogP contribution in [0, 0.1) is 0 Å². The minimum atomic E-state index is 0.0907. The molecule has 0 saturated carbocycles. The van der Waals surface area contributed by atoms with Crippen LogP contribution in [0.3, 0.4) is 0 Å². The smallest absolute Gasteiger partial charge is 0.166 e. The maximum absolute atomic E-state index is 6.27. The molecule has 0 aromatic carbocycles. The second-order valence-corrected chi connectivity index (χ2v) is 11.1. The highest BCUT2D eigenvalue weighted by Gasteiger charge is 2.46. The third-order valence-corrected chi connectivity index (χ3v) is 5.59. The lowest BCUT2D eigenvalue weighted by Crippen LogP contribution is -2.68. The molecule has 24 heavy (non-hydrogen) atoms. The molecule has 0 spiro atoms. The molecular weight excluding hydrogens is 316 g/mol. The molecule has 0 aliphatic carbocycles. The summed E-state index contributed by atoms with van der Waals surface area (Å²) in [7, 11) is 0. The monoisotopic (exact) mass is 354 g/mol. The lowest BCUT2D eigenvalue weighted by Gasteiger charge is -2.55. The predicted molar refractivity (Wildman–Crippen MR) is 107 cm³/mol. The van der Waals surface area contributed by atoms with Gasteiger partial charge in [0.05, 0.1) is 0 Å². The Bertz CT molecular complexity index is 426. The van der Waals surface area contributed by atoms with Crippen molar-refractivity contribution < 1.29 is 0 Å². The number of piperidine rings is 2. The van der Waals surface area contributed by atoms with E-state index in [9.17, 15) is 0 Å². The third kappa shape index (κ3) is 4.83. The zero-order valence-corrected chi connectivity index (χ0v) is 17.7. The van der Waals surface area contributed by atoms with Crippen LogP contribution in [0.2, 0.25) is 0 Å². The number of nitrogens with zero attached hydrogens (tertiary/aromatic N) is 1. The van der Waals surface area contributed by atoms with E-state index in [1.165, 1.54) is 0 Å². The summed E-state index contributed by atoms with van der Waals surface area (Å²) in [5.41, 5.74) is 6.63. The number of nitrogens with two attached hydrogens (primary N) is 1. The molecule has 0 bridgehead atoms. The van der Waals surface area contributed by atoms with Gasteiger partial charge in [-0.1, -0.05) is 0 Å². The Hall–Kier alpha value is -0.390. The molecule has 2 aliphatic rings. The molecule has 5 heteroatoms. The molecule has 4 N–H and O–H groups in total. The van der Waals surface area contributed by atoms with Gasteiger partial charge in [0, 0.05) is 34.2 Å². The molecule has 0 aromatic heterocycles. The topological polar surface area (TPSA) is 53.3 Å². The summed E-state index contributed by atoms with van der Waals surface area (Å²) in [6, 6.07) is 0.784. The van der Waals surface area contributed by atoms with Crippen LogP contribution in [0.4, 0.5) is 0 Å². The van der Waals surface area contributed by atoms with Gasteiger partial charge in [0.25, 0.3) is 0 Å². The van der Waals surface area contributed by atoms with E-state index < -0.39 is 0 Å². The van der Waals surface area contributed by atoms with Crippen LogP contribution in [-0.2, 0) is 0 Å². The van der Waals surface area contributed by atoms with Gasteiger partial charge in [-0.3, -0.25) is 0 Å². The summed E-state index contributed by atoms with van der Waals surface area (Å²) < 4.78 is 0. The summed E-state index contributed by atoms with van der Waals surface area (Å²) in [6.07, 6.45) is 4.27. The minimum absolute atomic E-state index is 0.0907. The highest BCUT2D eigenvalue weighted by atomic mass is 32.1. The molecule has 0 atom stereocenters. The van der Waals surface area contributed by atoms with Crippen molar-refractivity contribution in [2.24, 2.45) is 5.73 Å². The predicted octanol–water partition coefficient (Wildman–Crippen LogP) is 3.15. The molecular formula is C19H38N4S. The Morgan fingerprint density at radius 1 is 0.750 bits per heavy atom. The Kier molecular flexibility index (Phi) is 5.06. The lowest BCUT2D eigenvalue weighted by molar-refractivity contribution is 0.0408. The van der Waals surface area contributed by atoms with Crippen LogP contribution in [0.5, 0.6) is 0 Å². The maximum atomic E-state index is 6.27. The van der Waals surface area contributed by atoms with Crippen LogP contribution >= 0.6 is 12.2 Å². The lowest BCUT2D eigenvalue weighted by atomic mass is 9.75. The molecule has 2 heterocycles.